The van der Waals surface area contributed by atoms with Gasteiger partial charge in [0, 0.05) is 6.42 Å². The third-order valence-corrected chi connectivity index (χ3v) is 6.49. The molecule has 27 heavy (non-hydrogen) atoms. The summed E-state index contributed by atoms with van der Waals surface area (Å²) in [4.78, 5) is 27.1. The zero-order valence-corrected chi connectivity index (χ0v) is 16.7. The van der Waals surface area contributed by atoms with Crippen molar-refractivity contribution < 1.29 is 14.3 Å². The van der Waals surface area contributed by atoms with Crippen LogP contribution in [0, 0.1) is 5.92 Å². The van der Waals surface area contributed by atoms with Crippen LogP contribution in [-0.2, 0) is 9.59 Å². The lowest BCUT2D eigenvalue weighted by Crippen LogP contribution is -2.38. The van der Waals surface area contributed by atoms with E-state index in [2.05, 4.69) is 5.32 Å². The molecule has 1 aliphatic carbocycles. The Balaban J connectivity index is 1.52. The molecular formula is C20H22N2O3S2. The highest BCUT2D eigenvalue weighted by Crippen LogP contribution is 2.36. The van der Waals surface area contributed by atoms with Gasteiger partial charge in [0.1, 0.15) is 16.7 Å². The lowest BCUT2D eigenvalue weighted by atomic mass is 10.0. The Kier molecular flexibility index (Phi) is 5.50. The molecule has 2 fully saturated rings. The van der Waals surface area contributed by atoms with Gasteiger partial charge in [0.05, 0.1) is 17.1 Å². The predicted octanol–water partition coefficient (Wildman–Crippen LogP) is 3.87. The summed E-state index contributed by atoms with van der Waals surface area (Å²) in [7, 11) is 0. The Labute approximate surface area is 168 Å². The number of benzene rings is 1. The van der Waals surface area contributed by atoms with Gasteiger partial charge in [-0.25, -0.2) is 0 Å². The summed E-state index contributed by atoms with van der Waals surface area (Å²) in [6.45, 7) is 1.07. The van der Waals surface area contributed by atoms with Gasteiger partial charge in [0.15, 0.2) is 0 Å². The first-order valence-corrected chi connectivity index (χ1v) is 10.6. The van der Waals surface area contributed by atoms with Gasteiger partial charge < -0.3 is 15.0 Å². The zero-order chi connectivity index (χ0) is 18.8. The van der Waals surface area contributed by atoms with Crippen LogP contribution in [0.15, 0.2) is 23.1 Å². The van der Waals surface area contributed by atoms with Crippen LogP contribution in [0.25, 0.3) is 6.08 Å². The van der Waals surface area contributed by atoms with Crippen LogP contribution in [-0.4, -0.2) is 29.3 Å². The van der Waals surface area contributed by atoms with Crippen molar-refractivity contribution in [1.82, 2.24) is 5.32 Å². The van der Waals surface area contributed by atoms with E-state index >= 15 is 0 Å². The van der Waals surface area contributed by atoms with Crippen LogP contribution < -0.4 is 15.0 Å². The van der Waals surface area contributed by atoms with E-state index < -0.39 is 0 Å². The van der Waals surface area contributed by atoms with Crippen LogP contribution >= 0.6 is 24.0 Å². The van der Waals surface area contributed by atoms with Gasteiger partial charge in [-0.2, -0.15) is 0 Å². The second kappa shape index (κ2) is 8.02. The number of fused-ring (bicyclic) bond motifs is 1. The molecule has 0 bridgehead atoms. The van der Waals surface area contributed by atoms with Crippen molar-refractivity contribution in [3.05, 3.63) is 28.7 Å². The van der Waals surface area contributed by atoms with Gasteiger partial charge in [-0.1, -0.05) is 55.7 Å². The molecule has 142 valence electrons. The van der Waals surface area contributed by atoms with Crippen LogP contribution in [0.5, 0.6) is 5.75 Å². The lowest BCUT2D eigenvalue weighted by Gasteiger charge is -2.30. The normalized spacial score (nSPS) is 21.3. The molecule has 2 aliphatic heterocycles. The van der Waals surface area contributed by atoms with Crippen LogP contribution in [0.4, 0.5) is 5.69 Å². The van der Waals surface area contributed by atoms with E-state index in [0.717, 1.165) is 23.4 Å². The maximum atomic E-state index is 12.8. The van der Waals surface area contributed by atoms with E-state index in [1.165, 1.54) is 37.4 Å². The summed E-state index contributed by atoms with van der Waals surface area (Å²) >= 11 is 6.29. The number of amides is 2. The first-order valence-electron chi connectivity index (χ1n) is 9.42. The molecule has 3 aliphatic rings. The maximum Gasteiger partial charge on any atom is 0.263 e. The predicted molar refractivity (Wildman–Crippen MR) is 112 cm³/mol. The average molecular weight is 403 g/mol. The summed E-state index contributed by atoms with van der Waals surface area (Å²) in [5, 5.41) is 2.62. The minimum atomic E-state index is -0.177. The summed E-state index contributed by atoms with van der Waals surface area (Å²) in [6.07, 6.45) is 8.47. The van der Waals surface area contributed by atoms with Gasteiger partial charge >= 0.3 is 0 Å². The molecule has 0 radical (unpaired) electrons. The van der Waals surface area contributed by atoms with E-state index in [-0.39, 0.29) is 11.8 Å². The number of carbonyl (C=O) groups is 2. The molecule has 0 atom stereocenters. The van der Waals surface area contributed by atoms with Crippen molar-refractivity contribution in [2.75, 3.05) is 18.1 Å². The number of hydrogen-bond donors (Lipinski definition) is 1. The molecule has 5 nitrogen and oxygen atoms in total. The summed E-state index contributed by atoms with van der Waals surface area (Å²) in [5.41, 5.74) is 1.65. The molecule has 1 saturated heterocycles. The molecule has 1 aromatic rings. The van der Waals surface area contributed by atoms with Crippen molar-refractivity contribution in [3.8, 4) is 5.75 Å². The van der Waals surface area contributed by atoms with E-state index in [1.807, 2.05) is 23.1 Å². The summed E-state index contributed by atoms with van der Waals surface area (Å²) in [5.74, 6) is 1.40. The van der Waals surface area contributed by atoms with Gasteiger partial charge in [-0.05, 0) is 36.1 Å². The molecule has 7 heteroatoms. The van der Waals surface area contributed by atoms with Crippen molar-refractivity contribution in [3.63, 3.8) is 0 Å². The first-order chi connectivity index (χ1) is 13.1. The van der Waals surface area contributed by atoms with Crippen LogP contribution in [0.3, 0.4) is 0 Å². The number of thiocarbonyl (C=S) groups is 1. The van der Waals surface area contributed by atoms with Crippen LogP contribution in [0.1, 0.15) is 44.1 Å². The number of hydrogen-bond acceptors (Lipinski definition) is 5. The maximum absolute atomic E-state index is 12.8. The number of nitrogens with one attached hydrogen (secondary N) is 1. The lowest BCUT2D eigenvalue weighted by molar-refractivity contribution is -0.119. The largest absolute Gasteiger partial charge is 0.490 e. The Morgan fingerprint density at radius 3 is 2.93 bits per heavy atom. The topological polar surface area (TPSA) is 58.6 Å². The number of nitrogens with zero attached hydrogens (tertiary/aromatic N) is 1. The molecule has 2 heterocycles. The highest BCUT2D eigenvalue weighted by Gasteiger charge is 2.26. The van der Waals surface area contributed by atoms with Crippen molar-refractivity contribution in [2.45, 2.75) is 38.5 Å². The molecule has 2 amide bonds. The smallest absolute Gasteiger partial charge is 0.263 e. The Hall–Kier alpha value is -1.86. The van der Waals surface area contributed by atoms with Crippen molar-refractivity contribution in [1.29, 1.82) is 0 Å². The SMILES string of the molecule is O=C1NC(=S)S/C1=C\c1ccc2c(c1)N(C(=O)CCC1CCCC1)CCO2. The quantitative estimate of drug-likeness (QED) is 0.612. The van der Waals surface area contributed by atoms with Crippen molar-refractivity contribution >= 4 is 51.9 Å². The van der Waals surface area contributed by atoms with Gasteiger partial charge in [-0.15, -0.1) is 0 Å². The summed E-state index contributed by atoms with van der Waals surface area (Å²) in [6, 6.07) is 5.69. The number of carbonyl (C=O) groups excluding carboxylic acids is 2. The molecule has 1 saturated carbocycles. The number of thioether (sulfide) groups is 1. The zero-order valence-electron chi connectivity index (χ0n) is 15.0. The third-order valence-electron chi connectivity index (χ3n) is 5.33. The number of anilines is 1. The fraction of sp³-hybridized carbons (Fsp3) is 0.450. The number of ether oxygens (including phenoxy) is 1. The van der Waals surface area contributed by atoms with Gasteiger partial charge in [-0.3, -0.25) is 9.59 Å². The third kappa shape index (κ3) is 4.19. The van der Waals surface area contributed by atoms with Crippen molar-refractivity contribution in [2.24, 2.45) is 5.92 Å². The minimum Gasteiger partial charge on any atom is -0.490 e. The second-order valence-corrected chi connectivity index (χ2v) is 8.88. The fourth-order valence-electron chi connectivity index (χ4n) is 3.92. The second-order valence-electron chi connectivity index (χ2n) is 7.16. The monoisotopic (exact) mass is 402 g/mol. The minimum absolute atomic E-state index is 0.158. The molecule has 4 rings (SSSR count). The fourth-order valence-corrected chi connectivity index (χ4v) is 4.96. The Morgan fingerprint density at radius 1 is 1.37 bits per heavy atom. The summed E-state index contributed by atoms with van der Waals surface area (Å²) < 4.78 is 6.19. The van der Waals surface area contributed by atoms with E-state index in [4.69, 9.17) is 17.0 Å². The highest BCUT2D eigenvalue weighted by atomic mass is 32.2. The van der Waals surface area contributed by atoms with E-state index in [9.17, 15) is 9.59 Å². The molecule has 0 spiro atoms. The van der Waals surface area contributed by atoms with Crippen LogP contribution in [0.2, 0.25) is 0 Å². The average Bonchev–Trinajstić information content (AvgIpc) is 3.29. The molecular weight excluding hydrogens is 380 g/mol. The Bertz CT molecular complexity index is 815. The highest BCUT2D eigenvalue weighted by molar-refractivity contribution is 8.26. The van der Waals surface area contributed by atoms with Gasteiger partial charge in [0.2, 0.25) is 5.91 Å². The first kappa shape index (κ1) is 18.5. The molecule has 0 aromatic heterocycles. The Morgan fingerprint density at radius 2 is 2.19 bits per heavy atom. The van der Waals surface area contributed by atoms with E-state index in [0.29, 0.717) is 34.7 Å². The molecule has 0 unspecified atom stereocenters. The molecule has 1 aromatic carbocycles. The van der Waals surface area contributed by atoms with E-state index in [1.54, 1.807) is 6.08 Å². The molecule has 1 N–H and O–H groups in total. The number of rotatable bonds is 4. The van der Waals surface area contributed by atoms with Gasteiger partial charge in [0.25, 0.3) is 5.91 Å². The standard InChI is InChI=1S/C20H22N2O3S2/c23-18(8-6-13-3-1-2-4-13)22-9-10-25-16-7-5-14(11-15(16)22)12-17-19(24)21-20(26)27-17/h5,7,11-13H,1-4,6,8-10H2,(H,21,24,26)/b17-12-.